The standard InChI is InChI=1S/C21H22N2O5/c1-26-16-4-5-19-14(9-16)8-13(21(25)23-19)6-7-22-20(24)15-10-17(27-2)12-18(11-15)28-3/h4-5,8-12H,6-7H2,1-3H3,(H,22,24)(H,23,25). The fourth-order valence-electron chi connectivity index (χ4n) is 2.89. The number of ether oxygens (including phenoxy) is 3. The van der Waals surface area contributed by atoms with Gasteiger partial charge in [-0.3, -0.25) is 9.59 Å². The minimum absolute atomic E-state index is 0.171. The molecule has 0 saturated heterocycles. The Morgan fingerprint density at radius 3 is 2.25 bits per heavy atom. The Kier molecular flexibility index (Phi) is 5.84. The highest BCUT2D eigenvalue weighted by Gasteiger charge is 2.10. The zero-order chi connectivity index (χ0) is 20.1. The molecule has 7 heteroatoms. The van der Waals surface area contributed by atoms with Gasteiger partial charge in [-0.25, -0.2) is 0 Å². The van der Waals surface area contributed by atoms with Crippen LogP contribution in [0.15, 0.2) is 47.3 Å². The Morgan fingerprint density at radius 2 is 1.61 bits per heavy atom. The number of nitrogens with one attached hydrogen (secondary N) is 2. The van der Waals surface area contributed by atoms with E-state index in [-0.39, 0.29) is 11.5 Å². The lowest BCUT2D eigenvalue weighted by Gasteiger charge is -2.09. The second kappa shape index (κ2) is 8.47. The topological polar surface area (TPSA) is 89.7 Å². The molecule has 3 rings (SSSR count). The highest BCUT2D eigenvalue weighted by atomic mass is 16.5. The first-order valence-corrected chi connectivity index (χ1v) is 8.75. The van der Waals surface area contributed by atoms with Crippen LogP contribution >= 0.6 is 0 Å². The molecular weight excluding hydrogens is 360 g/mol. The predicted molar refractivity (Wildman–Crippen MR) is 107 cm³/mol. The van der Waals surface area contributed by atoms with E-state index in [1.165, 1.54) is 14.2 Å². The molecule has 0 fully saturated rings. The highest BCUT2D eigenvalue weighted by molar-refractivity contribution is 5.95. The number of H-pyrrole nitrogens is 1. The van der Waals surface area contributed by atoms with E-state index < -0.39 is 0 Å². The van der Waals surface area contributed by atoms with Gasteiger partial charge in [0, 0.05) is 34.6 Å². The third kappa shape index (κ3) is 4.25. The van der Waals surface area contributed by atoms with Crippen molar-refractivity contribution < 1.29 is 19.0 Å². The van der Waals surface area contributed by atoms with E-state index >= 15 is 0 Å². The quantitative estimate of drug-likeness (QED) is 0.655. The lowest BCUT2D eigenvalue weighted by molar-refractivity contribution is 0.0953. The Morgan fingerprint density at radius 1 is 0.929 bits per heavy atom. The number of carbonyl (C=O) groups is 1. The van der Waals surface area contributed by atoms with E-state index in [1.807, 2.05) is 12.1 Å². The summed E-state index contributed by atoms with van der Waals surface area (Å²) in [6.45, 7) is 0.316. The van der Waals surface area contributed by atoms with Crippen molar-refractivity contribution in [1.82, 2.24) is 10.3 Å². The summed E-state index contributed by atoms with van der Waals surface area (Å²) in [5.74, 6) is 1.51. The number of hydrogen-bond acceptors (Lipinski definition) is 5. The van der Waals surface area contributed by atoms with Gasteiger partial charge in [-0.05, 0) is 42.8 Å². The Labute approximate surface area is 162 Å². The maximum Gasteiger partial charge on any atom is 0.251 e. The smallest absolute Gasteiger partial charge is 0.251 e. The van der Waals surface area contributed by atoms with Crippen molar-refractivity contribution in [3.05, 3.63) is 63.9 Å². The molecule has 0 bridgehead atoms. The first-order valence-electron chi connectivity index (χ1n) is 8.75. The molecule has 7 nitrogen and oxygen atoms in total. The Bertz CT molecular complexity index is 1040. The molecule has 1 amide bonds. The Balaban J connectivity index is 1.71. The minimum atomic E-state index is -0.268. The number of benzene rings is 2. The van der Waals surface area contributed by atoms with Crippen LogP contribution in [0.1, 0.15) is 15.9 Å². The van der Waals surface area contributed by atoms with Crippen molar-refractivity contribution in [2.24, 2.45) is 0 Å². The van der Waals surface area contributed by atoms with Crippen LogP contribution in [0.3, 0.4) is 0 Å². The predicted octanol–water partition coefficient (Wildman–Crippen LogP) is 2.53. The van der Waals surface area contributed by atoms with Gasteiger partial charge in [0.15, 0.2) is 0 Å². The third-order valence-corrected chi connectivity index (χ3v) is 4.42. The number of hydrogen-bond donors (Lipinski definition) is 2. The van der Waals surface area contributed by atoms with Crippen molar-refractivity contribution in [1.29, 1.82) is 0 Å². The van der Waals surface area contributed by atoms with E-state index in [9.17, 15) is 9.59 Å². The number of carbonyl (C=O) groups excluding carboxylic acids is 1. The lowest BCUT2D eigenvalue weighted by atomic mass is 10.1. The first-order chi connectivity index (χ1) is 13.5. The van der Waals surface area contributed by atoms with Crippen molar-refractivity contribution in [2.75, 3.05) is 27.9 Å². The second-order valence-corrected chi connectivity index (χ2v) is 6.18. The number of amides is 1. The van der Waals surface area contributed by atoms with E-state index in [1.54, 1.807) is 37.4 Å². The molecule has 0 aliphatic carbocycles. The first kappa shape index (κ1) is 19.3. The summed E-state index contributed by atoms with van der Waals surface area (Å²) in [5.41, 5.74) is 1.58. The summed E-state index contributed by atoms with van der Waals surface area (Å²) in [4.78, 5) is 27.5. The third-order valence-electron chi connectivity index (χ3n) is 4.42. The van der Waals surface area contributed by atoms with Gasteiger partial charge in [0.1, 0.15) is 17.2 Å². The number of aromatic amines is 1. The van der Waals surface area contributed by atoms with E-state index in [0.29, 0.717) is 41.3 Å². The van der Waals surface area contributed by atoms with Gasteiger partial charge in [-0.1, -0.05) is 0 Å². The number of aromatic nitrogens is 1. The van der Waals surface area contributed by atoms with Crippen molar-refractivity contribution in [3.63, 3.8) is 0 Å². The van der Waals surface area contributed by atoms with Gasteiger partial charge in [-0.2, -0.15) is 0 Å². The number of pyridine rings is 1. The summed E-state index contributed by atoms with van der Waals surface area (Å²) in [6.07, 6.45) is 0.398. The molecule has 0 unspecified atom stereocenters. The van der Waals surface area contributed by atoms with E-state index in [4.69, 9.17) is 14.2 Å². The molecule has 1 heterocycles. The normalized spacial score (nSPS) is 10.5. The average Bonchev–Trinajstić information content (AvgIpc) is 2.73. The maximum atomic E-state index is 12.4. The van der Waals surface area contributed by atoms with Crippen LogP contribution in [-0.4, -0.2) is 38.8 Å². The number of methoxy groups -OCH3 is 3. The molecule has 146 valence electrons. The van der Waals surface area contributed by atoms with Gasteiger partial charge in [-0.15, -0.1) is 0 Å². The van der Waals surface area contributed by atoms with Gasteiger partial charge in [0.05, 0.1) is 21.3 Å². The monoisotopic (exact) mass is 382 g/mol. The molecule has 1 aromatic heterocycles. The second-order valence-electron chi connectivity index (χ2n) is 6.18. The molecule has 0 saturated carbocycles. The van der Waals surface area contributed by atoms with Crippen LogP contribution in [0.4, 0.5) is 0 Å². The molecule has 2 aromatic carbocycles. The summed E-state index contributed by atoms with van der Waals surface area (Å²) < 4.78 is 15.6. The lowest BCUT2D eigenvalue weighted by Crippen LogP contribution is -2.27. The van der Waals surface area contributed by atoms with E-state index in [0.717, 1.165) is 10.9 Å². The molecule has 0 aliphatic heterocycles. The van der Waals surface area contributed by atoms with Crippen LogP contribution in [0.25, 0.3) is 10.9 Å². The fraction of sp³-hybridized carbons (Fsp3) is 0.238. The summed E-state index contributed by atoms with van der Waals surface area (Å²) in [7, 11) is 4.64. The Hall–Kier alpha value is -3.48. The minimum Gasteiger partial charge on any atom is -0.497 e. The summed E-state index contributed by atoms with van der Waals surface area (Å²) >= 11 is 0. The highest BCUT2D eigenvalue weighted by Crippen LogP contribution is 2.22. The molecule has 0 atom stereocenters. The molecule has 3 aromatic rings. The van der Waals surface area contributed by atoms with Crippen LogP contribution in [-0.2, 0) is 6.42 Å². The maximum absolute atomic E-state index is 12.4. The zero-order valence-corrected chi connectivity index (χ0v) is 16.0. The SMILES string of the molecule is COc1cc(OC)cc(C(=O)NCCc2cc3cc(OC)ccc3[nH]c2=O)c1. The van der Waals surface area contributed by atoms with Crippen molar-refractivity contribution >= 4 is 16.8 Å². The van der Waals surface area contributed by atoms with Crippen molar-refractivity contribution in [3.8, 4) is 17.2 Å². The molecule has 0 aliphatic rings. The van der Waals surface area contributed by atoms with Crippen LogP contribution in [0.2, 0.25) is 0 Å². The summed E-state index contributed by atoms with van der Waals surface area (Å²) in [6, 6.07) is 12.2. The average molecular weight is 382 g/mol. The number of rotatable bonds is 7. The number of fused-ring (bicyclic) bond motifs is 1. The largest absolute Gasteiger partial charge is 0.497 e. The van der Waals surface area contributed by atoms with Gasteiger partial charge < -0.3 is 24.5 Å². The van der Waals surface area contributed by atoms with Gasteiger partial charge in [0.25, 0.3) is 11.5 Å². The van der Waals surface area contributed by atoms with Crippen LogP contribution < -0.4 is 25.1 Å². The van der Waals surface area contributed by atoms with Crippen molar-refractivity contribution in [2.45, 2.75) is 6.42 Å². The molecular formula is C21H22N2O5. The fourth-order valence-corrected chi connectivity index (χ4v) is 2.89. The van der Waals surface area contributed by atoms with Crippen LogP contribution in [0.5, 0.6) is 17.2 Å². The van der Waals surface area contributed by atoms with E-state index in [2.05, 4.69) is 10.3 Å². The van der Waals surface area contributed by atoms with Gasteiger partial charge >= 0.3 is 0 Å². The molecule has 0 spiro atoms. The summed E-state index contributed by atoms with van der Waals surface area (Å²) in [5, 5.41) is 3.69. The molecule has 0 radical (unpaired) electrons. The van der Waals surface area contributed by atoms with Crippen LogP contribution in [0, 0.1) is 0 Å². The zero-order valence-electron chi connectivity index (χ0n) is 16.0. The molecule has 28 heavy (non-hydrogen) atoms. The van der Waals surface area contributed by atoms with Gasteiger partial charge in [0.2, 0.25) is 0 Å². The molecule has 2 N–H and O–H groups in total.